The van der Waals surface area contributed by atoms with Gasteiger partial charge in [-0.1, -0.05) is 12.1 Å². The molecule has 3 nitrogen and oxygen atoms in total. The number of anilines is 1. The molecule has 0 saturated heterocycles. The maximum Gasteiger partial charge on any atom is 0.338 e. The molecule has 1 aliphatic rings. The topological polar surface area (TPSA) is 40.5 Å². The Labute approximate surface area is 109 Å². The second-order valence-corrected chi connectivity index (χ2v) is 4.97. The minimum atomic E-state index is -0.901. The Bertz CT molecular complexity index is 455. The third kappa shape index (κ3) is 2.52. The molecule has 0 aromatic heterocycles. The van der Waals surface area contributed by atoms with Crippen LogP contribution in [-0.2, 0) is 0 Å². The predicted molar refractivity (Wildman–Crippen MR) is 71.7 cm³/mol. The monoisotopic (exact) mass is 295 g/mol. The van der Waals surface area contributed by atoms with Crippen LogP contribution in [0.2, 0.25) is 0 Å². The standard InChI is InChI=1S/C13H14BrNO2/c1-2-8-15(9-6-7-9)11-5-3-4-10(14)12(11)13(16)17/h2-5,9H,1,6-8H2,(H,16,17). The molecule has 1 fully saturated rings. The lowest BCUT2D eigenvalue weighted by molar-refractivity contribution is 0.0696. The van der Waals surface area contributed by atoms with E-state index in [0.717, 1.165) is 18.5 Å². The molecule has 0 aliphatic heterocycles. The zero-order valence-electron chi connectivity index (χ0n) is 9.40. The lowest BCUT2D eigenvalue weighted by Crippen LogP contribution is -2.27. The van der Waals surface area contributed by atoms with Crippen molar-refractivity contribution in [1.82, 2.24) is 0 Å². The normalized spacial score (nSPS) is 14.4. The van der Waals surface area contributed by atoms with E-state index < -0.39 is 5.97 Å². The fourth-order valence-electron chi connectivity index (χ4n) is 1.93. The highest BCUT2D eigenvalue weighted by molar-refractivity contribution is 9.10. The van der Waals surface area contributed by atoms with Crippen LogP contribution in [0.4, 0.5) is 5.69 Å². The number of carbonyl (C=O) groups is 1. The van der Waals surface area contributed by atoms with Crippen molar-refractivity contribution in [1.29, 1.82) is 0 Å². The van der Waals surface area contributed by atoms with Crippen molar-refractivity contribution < 1.29 is 9.90 Å². The van der Waals surface area contributed by atoms with E-state index in [1.807, 2.05) is 18.2 Å². The van der Waals surface area contributed by atoms with Crippen LogP contribution >= 0.6 is 15.9 Å². The fraction of sp³-hybridized carbons (Fsp3) is 0.308. The maximum atomic E-state index is 11.3. The average Bonchev–Trinajstić information content (AvgIpc) is 3.08. The van der Waals surface area contributed by atoms with Crippen molar-refractivity contribution in [3.63, 3.8) is 0 Å². The van der Waals surface area contributed by atoms with Gasteiger partial charge in [0.05, 0.1) is 11.3 Å². The molecule has 1 aromatic rings. The smallest absolute Gasteiger partial charge is 0.338 e. The number of benzene rings is 1. The van der Waals surface area contributed by atoms with Crippen LogP contribution in [-0.4, -0.2) is 23.7 Å². The van der Waals surface area contributed by atoms with Crippen LogP contribution in [0.1, 0.15) is 23.2 Å². The van der Waals surface area contributed by atoms with Crippen LogP contribution < -0.4 is 4.90 Å². The Morgan fingerprint density at radius 1 is 1.59 bits per heavy atom. The lowest BCUT2D eigenvalue weighted by Gasteiger charge is -2.25. The SMILES string of the molecule is C=CCN(c1cccc(Br)c1C(=O)O)C1CC1. The summed E-state index contributed by atoms with van der Waals surface area (Å²) in [6, 6.07) is 5.94. The van der Waals surface area contributed by atoms with E-state index in [1.54, 1.807) is 6.07 Å². The first-order valence-corrected chi connectivity index (χ1v) is 6.33. The average molecular weight is 296 g/mol. The van der Waals surface area contributed by atoms with Crippen molar-refractivity contribution in [2.45, 2.75) is 18.9 Å². The highest BCUT2D eigenvalue weighted by Crippen LogP contribution is 2.35. The molecular weight excluding hydrogens is 282 g/mol. The first-order chi connectivity index (χ1) is 8.15. The quantitative estimate of drug-likeness (QED) is 0.848. The Hall–Kier alpha value is -1.29. The highest BCUT2D eigenvalue weighted by atomic mass is 79.9. The molecule has 0 amide bonds. The summed E-state index contributed by atoms with van der Waals surface area (Å²) >= 11 is 3.30. The molecule has 2 rings (SSSR count). The van der Waals surface area contributed by atoms with Gasteiger partial charge in [0, 0.05) is 17.1 Å². The molecule has 1 aliphatic carbocycles. The maximum absolute atomic E-state index is 11.3. The third-order valence-corrected chi connectivity index (χ3v) is 3.49. The Kier molecular flexibility index (Phi) is 3.52. The summed E-state index contributed by atoms with van der Waals surface area (Å²) in [5.41, 5.74) is 1.11. The van der Waals surface area contributed by atoms with Gasteiger partial charge in [-0.3, -0.25) is 0 Å². The molecule has 0 atom stereocenters. The predicted octanol–water partition coefficient (Wildman–Crippen LogP) is 3.30. The molecule has 0 radical (unpaired) electrons. The fourth-order valence-corrected chi connectivity index (χ4v) is 2.46. The molecule has 0 heterocycles. The minimum absolute atomic E-state index is 0.334. The first-order valence-electron chi connectivity index (χ1n) is 5.54. The van der Waals surface area contributed by atoms with Gasteiger partial charge in [0.15, 0.2) is 0 Å². The Morgan fingerprint density at radius 3 is 2.82 bits per heavy atom. The van der Waals surface area contributed by atoms with Gasteiger partial charge in [-0.05, 0) is 40.9 Å². The molecule has 0 unspecified atom stereocenters. The van der Waals surface area contributed by atoms with Gasteiger partial charge in [0.25, 0.3) is 0 Å². The first kappa shape index (κ1) is 12.2. The lowest BCUT2D eigenvalue weighted by atomic mass is 10.1. The van der Waals surface area contributed by atoms with Crippen LogP contribution in [0.5, 0.6) is 0 Å². The Balaban J connectivity index is 2.44. The van der Waals surface area contributed by atoms with E-state index in [9.17, 15) is 9.90 Å². The largest absolute Gasteiger partial charge is 0.478 e. The third-order valence-electron chi connectivity index (χ3n) is 2.83. The number of hydrogen-bond acceptors (Lipinski definition) is 2. The molecule has 0 bridgehead atoms. The summed E-state index contributed by atoms with van der Waals surface area (Å²) in [4.78, 5) is 13.4. The van der Waals surface area contributed by atoms with Gasteiger partial charge in [0.2, 0.25) is 0 Å². The zero-order valence-corrected chi connectivity index (χ0v) is 11.0. The number of carboxylic acids is 1. The number of hydrogen-bond donors (Lipinski definition) is 1. The van der Waals surface area contributed by atoms with E-state index >= 15 is 0 Å². The van der Waals surface area contributed by atoms with E-state index in [4.69, 9.17) is 0 Å². The molecule has 17 heavy (non-hydrogen) atoms. The van der Waals surface area contributed by atoms with Crippen LogP contribution in [0.25, 0.3) is 0 Å². The van der Waals surface area contributed by atoms with Crippen molar-refractivity contribution >= 4 is 27.6 Å². The second kappa shape index (κ2) is 4.92. The molecule has 1 N–H and O–H groups in total. The Morgan fingerprint density at radius 2 is 2.29 bits per heavy atom. The summed E-state index contributed by atoms with van der Waals surface area (Å²) in [5.74, 6) is -0.901. The number of halogens is 1. The van der Waals surface area contributed by atoms with Crippen molar-refractivity contribution in [3.8, 4) is 0 Å². The van der Waals surface area contributed by atoms with Crippen molar-refractivity contribution in [3.05, 3.63) is 40.9 Å². The summed E-state index contributed by atoms with van der Waals surface area (Å²) in [6.45, 7) is 4.41. The van der Waals surface area contributed by atoms with Gasteiger partial charge < -0.3 is 10.0 Å². The number of carboxylic acid groups (broad SMARTS) is 1. The van der Waals surface area contributed by atoms with Gasteiger partial charge in [-0.2, -0.15) is 0 Å². The summed E-state index contributed by atoms with van der Waals surface area (Å²) < 4.78 is 0.622. The molecule has 0 spiro atoms. The van der Waals surface area contributed by atoms with Gasteiger partial charge in [-0.15, -0.1) is 6.58 Å². The number of rotatable bonds is 5. The van der Waals surface area contributed by atoms with Gasteiger partial charge in [-0.25, -0.2) is 4.79 Å². The molecule has 1 aromatic carbocycles. The molecule has 90 valence electrons. The van der Waals surface area contributed by atoms with Crippen molar-refractivity contribution in [2.75, 3.05) is 11.4 Å². The molecule has 4 heteroatoms. The molecular formula is C13H14BrNO2. The van der Waals surface area contributed by atoms with Gasteiger partial charge in [0.1, 0.15) is 0 Å². The second-order valence-electron chi connectivity index (χ2n) is 4.11. The number of aromatic carboxylic acids is 1. The van der Waals surface area contributed by atoms with Crippen molar-refractivity contribution in [2.24, 2.45) is 0 Å². The van der Waals surface area contributed by atoms with E-state index in [0.29, 0.717) is 22.6 Å². The molecule has 1 saturated carbocycles. The zero-order chi connectivity index (χ0) is 12.4. The minimum Gasteiger partial charge on any atom is -0.478 e. The van der Waals surface area contributed by atoms with E-state index in [1.165, 1.54) is 0 Å². The number of nitrogens with zero attached hydrogens (tertiary/aromatic N) is 1. The van der Waals surface area contributed by atoms with E-state index in [-0.39, 0.29) is 0 Å². The van der Waals surface area contributed by atoms with Gasteiger partial charge >= 0.3 is 5.97 Å². The van der Waals surface area contributed by atoms with Crippen LogP contribution in [0.15, 0.2) is 35.3 Å². The van der Waals surface area contributed by atoms with E-state index in [2.05, 4.69) is 27.4 Å². The summed E-state index contributed by atoms with van der Waals surface area (Å²) in [7, 11) is 0. The van der Waals surface area contributed by atoms with Crippen LogP contribution in [0.3, 0.4) is 0 Å². The summed E-state index contributed by atoms with van der Waals surface area (Å²) in [5, 5.41) is 9.28. The summed E-state index contributed by atoms with van der Waals surface area (Å²) in [6.07, 6.45) is 4.06. The highest BCUT2D eigenvalue weighted by Gasteiger charge is 2.31. The van der Waals surface area contributed by atoms with Crippen LogP contribution in [0, 0.1) is 0 Å².